The van der Waals surface area contributed by atoms with E-state index in [0.717, 1.165) is 44.5 Å². The zero-order chi connectivity index (χ0) is 25.4. The standard InChI is InChI=1S/C19H20F3N3O.C5H5N3O/c1-24(18(26)14-7-9-23-10-8-14)17-13-15(19(20,21)22)5-6-16(17)25-11-3-2-4-12-25;6-5(9)4-3-7-1-2-8-4/h5-10,13H,2-4,11-12H2,1H3;1-3H,(H2,6,9). The van der Waals surface area contributed by atoms with Crippen LogP contribution in [0.1, 0.15) is 45.7 Å². The lowest BCUT2D eigenvalue weighted by molar-refractivity contribution is -0.137. The number of aromatic nitrogens is 3. The number of halogens is 3. The van der Waals surface area contributed by atoms with E-state index in [1.165, 1.54) is 49.0 Å². The molecular weight excluding hydrogens is 461 g/mol. The monoisotopic (exact) mass is 486 g/mol. The summed E-state index contributed by atoms with van der Waals surface area (Å²) in [6, 6.07) is 6.71. The summed E-state index contributed by atoms with van der Waals surface area (Å²) in [7, 11) is 1.51. The van der Waals surface area contributed by atoms with Crippen molar-refractivity contribution in [1.82, 2.24) is 15.0 Å². The number of hydrogen-bond acceptors (Lipinski definition) is 6. The van der Waals surface area contributed by atoms with Crippen LogP contribution >= 0.6 is 0 Å². The first-order chi connectivity index (χ1) is 16.7. The van der Waals surface area contributed by atoms with Gasteiger partial charge in [0.05, 0.1) is 23.1 Å². The molecule has 2 aromatic heterocycles. The molecule has 0 spiro atoms. The number of pyridine rings is 1. The molecule has 1 saturated heterocycles. The molecule has 3 aromatic rings. The summed E-state index contributed by atoms with van der Waals surface area (Å²) in [6.45, 7) is 1.55. The van der Waals surface area contributed by atoms with E-state index in [1.54, 1.807) is 12.1 Å². The molecular formula is C24H25F3N6O2. The van der Waals surface area contributed by atoms with Crippen molar-refractivity contribution in [2.75, 3.05) is 29.9 Å². The van der Waals surface area contributed by atoms with E-state index in [0.29, 0.717) is 11.3 Å². The summed E-state index contributed by atoms with van der Waals surface area (Å²) in [5, 5.41) is 0. The first-order valence-electron chi connectivity index (χ1n) is 10.9. The third kappa shape index (κ3) is 6.75. The topological polar surface area (TPSA) is 105 Å². The number of nitrogens with zero attached hydrogens (tertiary/aromatic N) is 5. The molecule has 1 aromatic carbocycles. The highest BCUT2D eigenvalue weighted by atomic mass is 19.4. The molecule has 35 heavy (non-hydrogen) atoms. The normalized spacial score (nSPS) is 13.4. The Labute approximate surface area is 200 Å². The molecule has 0 radical (unpaired) electrons. The summed E-state index contributed by atoms with van der Waals surface area (Å²) in [6.07, 6.45) is 5.81. The van der Waals surface area contributed by atoms with Crippen LogP contribution in [0.15, 0.2) is 61.3 Å². The molecule has 11 heteroatoms. The molecule has 2 N–H and O–H groups in total. The Bertz CT molecular complexity index is 1140. The van der Waals surface area contributed by atoms with Crippen molar-refractivity contribution in [2.24, 2.45) is 5.73 Å². The maximum Gasteiger partial charge on any atom is 0.416 e. The number of primary amides is 1. The molecule has 8 nitrogen and oxygen atoms in total. The molecule has 2 amide bonds. The summed E-state index contributed by atoms with van der Waals surface area (Å²) < 4.78 is 39.6. The lowest BCUT2D eigenvalue weighted by Gasteiger charge is -2.33. The van der Waals surface area contributed by atoms with E-state index in [4.69, 9.17) is 5.73 Å². The van der Waals surface area contributed by atoms with Crippen molar-refractivity contribution in [1.29, 1.82) is 0 Å². The van der Waals surface area contributed by atoms with Gasteiger partial charge in [-0.2, -0.15) is 13.2 Å². The predicted octanol–water partition coefficient (Wildman–Crippen LogP) is 3.94. The predicted molar refractivity (Wildman–Crippen MR) is 125 cm³/mol. The van der Waals surface area contributed by atoms with Crippen LogP contribution in [0.25, 0.3) is 0 Å². The van der Waals surface area contributed by atoms with Gasteiger partial charge >= 0.3 is 6.18 Å². The molecule has 0 aliphatic carbocycles. The largest absolute Gasteiger partial charge is 0.416 e. The average Bonchev–Trinajstić information content (AvgIpc) is 2.89. The van der Waals surface area contributed by atoms with Gasteiger partial charge in [0.1, 0.15) is 5.69 Å². The number of anilines is 2. The number of alkyl halides is 3. The van der Waals surface area contributed by atoms with Crippen LogP contribution in [-0.4, -0.2) is 46.9 Å². The van der Waals surface area contributed by atoms with Crippen LogP contribution in [0.4, 0.5) is 24.5 Å². The molecule has 184 valence electrons. The summed E-state index contributed by atoms with van der Waals surface area (Å²) in [5.41, 5.74) is 5.60. The zero-order valence-electron chi connectivity index (χ0n) is 19.1. The third-order valence-electron chi connectivity index (χ3n) is 5.41. The highest BCUT2D eigenvalue weighted by molar-refractivity contribution is 6.07. The summed E-state index contributed by atoms with van der Waals surface area (Å²) in [5.74, 6) is -0.923. The zero-order valence-corrected chi connectivity index (χ0v) is 19.1. The Kier molecular flexibility index (Phi) is 8.34. The Morgan fingerprint density at radius 1 is 0.971 bits per heavy atom. The van der Waals surface area contributed by atoms with Crippen molar-refractivity contribution in [3.8, 4) is 0 Å². The number of hydrogen-bond donors (Lipinski definition) is 1. The summed E-state index contributed by atoms with van der Waals surface area (Å²) >= 11 is 0. The van der Waals surface area contributed by atoms with Gasteiger partial charge in [-0.15, -0.1) is 0 Å². The summed E-state index contributed by atoms with van der Waals surface area (Å²) in [4.78, 5) is 37.6. The van der Waals surface area contributed by atoms with E-state index >= 15 is 0 Å². The second kappa shape index (κ2) is 11.4. The van der Waals surface area contributed by atoms with E-state index in [9.17, 15) is 22.8 Å². The second-order valence-electron chi connectivity index (χ2n) is 7.80. The SMILES string of the molecule is CN(C(=O)c1ccncc1)c1cc(C(F)(F)F)ccc1N1CCCCC1.NC(=O)c1cnccn1. The van der Waals surface area contributed by atoms with Crippen LogP contribution in [-0.2, 0) is 6.18 Å². The lowest BCUT2D eigenvalue weighted by Crippen LogP contribution is -2.33. The number of carbonyl (C=O) groups excluding carboxylic acids is 2. The van der Waals surface area contributed by atoms with Gasteiger partial charge in [0, 0.05) is 50.5 Å². The van der Waals surface area contributed by atoms with Crippen molar-refractivity contribution in [3.63, 3.8) is 0 Å². The highest BCUT2D eigenvalue weighted by Gasteiger charge is 2.32. The van der Waals surface area contributed by atoms with Crippen LogP contribution in [0, 0.1) is 0 Å². The van der Waals surface area contributed by atoms with Gasteiger partial charge in [-0.05, 0) is 49.6 Å². The molecule has 4 rings (SSSR count). The lowest BCUT2D eigenvalue weighted by atomic mass is 10.1. The molecule has 0 bridgehead atoms. The third-order valence-corrected chi connectivity index (χ3v) is 5.41. The average molecular weight is 486 g/mol. The number of piperidine rings is 1. The van der Waals surface area contributed by atoms with Gasteiger partial charge in [-0.3, -0.25) is 19.6 Å². The Hall–Kier alpha value is -4.02. The van der Waals surface area contributed by atoms with Crippen molar-refractivity contribution in [2.45, 2.75) is 25.4 Å². The number of carbonyl (C=O) groups is 2. The Morgan fingerprint density at radius 2 is 1.66 bits per heavy atom. The van der Waals surface area contributed by atoms with Crippen LogP contribution < -0.4 is 15.5 Å². The first-order valence-corrected chi connectivity index (χ1v) is 10.9. The molecule has 0 atom stereocenters. The number of nitrogens with two attached hydrogens (primary N) is 1. The van der Waals surface area contributed by atoms with E-state index in [-0.39, 0.29) is 17.3 Å². The minimum absolute atomic E-state index is 0.192. The smallest absolute Gasteiger partial charge is 0.370 e. The van der Waals surface area contributed by atoms with Crippen LogP contribution in [0.2, 0.25) is 0 Å². The van der Waals surface area contributed by atoms with Gasteiger partial charge < -0.3 is 15.5 Å². The number of benzene rings is 1. The van der Waals surface area contributed by atoms with Gasteiger partial charge in [-0.25, -0.2) is 4.98 Å². The van der Waals surface area contributed by atoms with Crippen LogP contribution in [0.5, 0.6) is 0 Å². The number of amides is 2. The van der Waals surface area contributed by atoms with Crippen molar-refractivity contribution >= 4 is 23.2 Å². The van der Waals surface area contributed by atoms with E-state index < -0.39 is 17.6 Å². The quantitative estimate of drug-likeness (QED) is 0.599. The van der Waals surface area contributed by atoms with Gasteiger partial charge in [0.25, 0.3) is 11.8 Å². The number of rotatable bonds is 4. The fraction of sp³-hybridized carbons (Fsp3) is 0.292. The van der Waals surface area contributed by atoms with Gasteiger partial charge in [-0.1, -0.05) is 0 Å². The highest BCUT2D eigenvalue weighted by Crippen LogP contribution is 2.38. The Morgan fingerprint density at radius 3 is 2.20 bits per heavy atom. The maximum atomic E-state index is 13.2. The molecule has 0 saturated carbocycles. The minimum Gasteiger partial charge on any atom is -0.370 e. The fourth-order valence-electron chi connectivity index (χ4n) is 3.59. The van der Waals surface area contributed by atoms with Crippen molar-refractivity contribution < 1.29 is 22.8 Å². The molecule has 1 fully saturated rings. The van der Waals surface area contributed by atoms with Crippen LogP contribution in [0.3, 0.4) is 0 Å². The van der Waals surface area contributed by atoms with E-state index in [2.05, 4.69) is 19.9 Å². The fourth-order valence-corrected chi connectivity index (χ4v) is 3.59. The Balaban J connectivity index is 0.000000320. The molecule has 1 aliphatic heterocycles. The van der Waals surface area contributed by atoms with Gasteiger partial charge in [0.2, 0.25) is 0 Å². The minimum atomic E-state index is -4.46. The maximum absolute atomic E-state index is 13.2. The van der Waals surface area contributed by atoms with E-state index in [1.807, 2.05) is 0 Å². The molecule has 1 aliphatic rings. The molecule has 0 unspecified atom stereocenters. The molecule has 3 heterocycles. The first kappa shape index (κ1) is 25.6. The second-order valence-corrected chi connectivity index (χ2v) is 7.80. The van der Waals surface area contributed by atoms with Gasteiger partial charge in [0.15, 0.2) is 0 Å². The van der Waals surface area contributed by atoms with Crippen molar-refractivity contribution in [3.05, 3.63) is 78.1 Å².